The first kappa shape index (κ1) is 15.5. The first-order valence-electron chi connectivity index (χ1n) is 7.09. The summed E-state index contributed by atoms with van der Waals surface area (Å²) in [6, 6.07) is 3.49. The van der Waals surface area contributed by atoms with Crippen LogP contribution in [0.3, 0.4) is 0 Å². The van der Waals surface area contributed by atoms with Crippen LogP contribution in [0.15, 0.2) is 18.3 Å². The Morgan fingerprint density at radius 2 is 2.00 bits per heavy atom. The maximum Gasteiger partial charge on any atom is 0.250 e. The van der Waals surface area contributed by atoms with Crippen molar-refractivity contribution in [2.24, 2.45) is 11.7 Å². The molecule has 0 saturated carbocycles. The molecular weight excluding hydrogens is 238 g/mol. The van der Waals surface area contributed by atoms with E-state index in [2.05, 4.69) is 24.1 Å². The summed E-state index contributed by atoms with van der Waals surface area (Å²) < 4.78 is 0. The first-order chi connectivity index (χ1) is 9.09. The van der Waals surface area contributed by atoms with Crippen LogP contribution in [0.25, 0.3) is 0 Å². The molecule has 0 aliphatic heterocycles. The van der Waals surface area contributed by atoms with Gasteiger partial charge in [-0.15, -0.1) is 0 Å². The molecule has 0 bridgehead atoms. The predicted molar refractivity (Wildman–Crippen MR) is 79.2 cm³/mol. The summed E-state index contributed by atoms with van der Waals surface area (Å²) >= 11 is 0. The van der Waals surface area contributed by atoms with Crippen LogP contribution in [0.4, 0.5) is 5.82 Å². The lowest BCUT2D eigenvalue weighted by Crippen LogP contribution is -2.11. The molecule has 0 fully saturated rings. The molecule has 4 heteroatoms. The minimum Gasteiger partial charge on any atom is -0.370 e. The smallest absolute Gasteiger partial charge is 0.250 e. The highest BCUT2D eigenvalue weighted by Gasteiger charge is 2.00. The van der Waals surface area contributed by atoms with E-state index in [0.29, 0.717) is 5.56 Å². The molecule has 0 aliphatic rings. The Morgan fingerprint density at radius 1 is 1.26 bits per heavy atom. The molecule has 1 aromatic heterocycles. The standard InChI is InChI=1S/C15H25N3O/c1-12(2)7-5-3-4-6-10-17-14-9-8-13(11-18-14)15(16)19/h8-9,11-12H,3-7,10H2,1-2H3,(H2,16,19)(H,17,18). The number of rotatable bonds is 9. The average Bonchev–Trinajstić information content (AvgIpc) is 2.38. The quantitative estimate of drug-likeness (QED) is 0.672. The number of unbranched alkanes of at least 4 members (excludes halogenated alkanes) is 3. The molecular formula is C15H25N3O. The molecule has 1 aromatic rings. The first-order valence-corrected chi connectivity index (χ1v) is 7.09. The van der Waals surface area contributed by atoms with Gasteiger partial charge in [-0.2, -0.15) is 0 Å². The highest BCUT2D eigenvalue weighted by molar-refractivity contribution is 5.92. The fourth-order valence-electron chi connectivity index (χ4n) is 1.89. The summed E-state index contributed by atoms with van der Waals surface area (Å²) in [6.07, 6.45) is 7.85. The van der Waals surface area contributed by atoms with Gasteiger partial charge in [-0.25, -0.2) is 4.98 Å². The van der Waals surface area contributed by atoms with Gasteiger partial charge in [-0.1, -0.05) is 39.5 Å². The Labute approximate surface area is 115 Å². The number of nitrogens with zero attached hydrogens (tertiary/aromatic N) is 1. The van der Waals surface area contributed by atoms with E-state index in [9.17, 15) is 4.79 Å². The monoisotopic (exact) mass is 263 g/mol. The van der Waals surface area contributed by atoms with E-state index in [1.54, 1.807) is 12.1 Å². The number of amides is 1. The summed E-state index contributed by atoms with van der Waals surface area (Å²) in [4.78, 5) is 15.0. The van der Waals surface area contributed by atoms with Crippen molar-refractivity contribution in [3.63, 3.8) is 0 Å². The second-order valence-corrected chi connectivity index (χ2v) is 5.32. The molecule has 0 aromatic carbocycles. The van der Waals surface area contributed by atoms with Gasteiger partial charge in [-0.3, -0.25) is 4.79 Å². The van der Waals surface area contributed by atoms with Crippen LogP contribution in [-0.4, -0.2) is 17.4 Å². The van der Waals surface area contributed by atoms with E-state index in [1.165, 1.54) is 31.9 Å². The molecule has 0 unspecified atom stereocenters. The van der Waals surface area contributed by atoms with Crippen LogP contribution >= 0.6 is 0 Å². The minimum absolute atomic E-state index is 0.441. The van der Waals surface area contributed by atoms with E-state index >= 15 is 0 Å². The third kappa shape index (κ3) is 6.79. The van der Waals surface area contributed by atoms with Crippen LogP contribution in [-0.2, 0) is 0 Å². The van der Waals surface area contributed by atoms with Crippen LogP contribution in [0, 0.1) is 5.92 Å². The number of carbonyl (C=O) groups is 1. The number of hydrogen-bond acceptors (Lipinski definition) is 3. The van der Waals surface area contributed by atoms with Gasteiger partial charge in [0, 0.05) is 12.7 Å². The molecule has 0 spiro atoms. The molecule has 0 saturated heterocycles. The summed E-state index contributed by atoms with van der Waals surface area (Å²) in [5.74, 6) is 1.17. The van der Waals surface area contributed by atoms with Gasteiger partial charge < -0.3 is 11.1 Å². The fourth-order valence-corrected chi connectivity index (χ4v) is 1.89. The molecule has 1 amide bonds. The molecule has 19 heavy (non-hydrogen) atoms. The maximum atomic E-state index is 10.9. The molecule has 4 nitrogen and oxygen atoms in total. The number of primary amides is 1. The number of anilines is 1. The number of aromatic nitrogens is 1. The van der Waals surface area contributed by atoms with Gasteiger partial charge in [0.05, 0.1) is 5.56 Å². The zero-order valence-corrected chi connectivity index (χ0v) is 12.0. The number of nitrogens with two attached hydrogens (primary N) is 1. The molecule has 0 aliphatic carbocycles. The molecule has 1 rings (SSSR count). The lowest BCUT2D eigenvalue weighted by Gasteiger charge is -2.06. The summed E-state index contributed by atoms with van der Waals surface area (Å²) in [5.41, 5.74) is 5.60. The largest absolute Gasteiger partial charge is 0.370 e. The van der Waals surface area contributed by atoms with Crippen LogP contribution in [0.2, 0.25) is 0 Å². The van der Waals surface area contributed by atoms with Crippen molar-refractivity contribution < 1.29 is 4.79 Å². The lowest BCUT2D eigenvalue weighted by molar-refractivity contribution is 0.1000. The SMILES string of the molecule is CC(C)CCCCCCNc1ccc(C(N)=O)cn1. The Bertz CT molecular complexity index is 373. The zero-order chi connectivity index (χ0) is 14.1. The summed E-state index contributed by atoms with van der Waals surface area (Å²) in [7, 11) is 0. The van der Waals surface area contributed by atoms with E-state index in [-0.39, 0.29) is 0 Å². The van der Waals surface area contributed by atoms with Gasteiger partial charge in [0.25, 0.3) is 0 Å². The summed E-state index contributed by atoms with van der Waals surface area (Å²) in [5, 5.41) is 3.25. The maximum absolute atomic E-state index is 10.9. The zero-order valence-electron chi connectivity index (χ0n) is 12.0. The van der Waals surface area contributed by atoms with Crippen LogP contribution in [0.5, 0.6) is 0 Å². The van der Waals surface area contributed by atoms with E-state index < -0.39 is 5.91 Å². The van der Waals surface area contributed by atoms with Crippen LogP contribution < -0.4 is 11.1 Å². The van der Waals surface area contributed by atoms with E-state index in [4.69, 9.17) is 5.73 Å². The van der Waals surface area contributed by atoms with E-state index in [0.717, 1.165) is 24.7 Å². The van der Waals surface area contributed by atoms with Gasteiger partial charge in [0.2, 0.25) is 5.91 Å². The number of pyridine rings is 1. The highest BCUT2D eigenvalue weighted by Crippen LogP contribution is 2.10. The molecule has 1 heterocycles. The van der Waals surface area contributed by atoms with Crippen molar-refractivity contribution in [1.29, 1.82) is 0 Å². The lowest BCUT2D eigenvalue weighted by atomic mass is 10.0. The topological polar surface area (TPSA) is 68.0 Å². The van der Waals surface area contributed by atoms with Crippen molar-refractivity contribution in [2.75, 3.05) is 11.9 Å². The van der Waals surface area contributed by atoms with Crippen molar-refractivity contribution >= 4 is 11.7 Å². The van der Waals surface area contributed by atoms with Gasteiger partial charge >= 0.3 is 0 Å². The van der Waals surface area contributed by atoms with Crippen molar-refractivity contribution in [3.05, 3.63) is 23.9 Å². The number of carbonyl (C=O) groups excluding carboxylic acids is 1. The van der Waals surface area contributed by atoms with E-state index in [1.807, 2.05) is 0 Å². The number of hydrogen-bond donors (Lipinski definition) is 2. The second kappa shape index (κ2) is 8.51. The Morgan fingerprint density at radius 3 is 2.58 bits per heavy atom. The molecule has 3 N–H and O–H groups in total. The number of nitrogens with one attached hydrogen (secondary N) is 1. The second-order valence-electron chi connectivity index (χ2n) is 5.32. The molecule has 106 valence electrons. The van der Waals surface area contributed by atoms with Gasteiger partial charge in [0.15, 0.2) is 0 Å². The van der Waals surface area contributed by atoms with Gasteiger partial charge in [0.1, 0.15) is 5.82 Å². The Hall–Kier alpha value is -1.58. The van der Waals surface area contributed by atoms with Gasteiger partial charge in [-0.05, 0) is 24.5 Å². The highest BCUT2D eigenvalue weighted by atomic mass is 16.1. The van der Waals surface area contributed by atoms with Crippen LogP contribution in [0.1, 0.15) is 56.3 Å². The Balaban J connectivity index is 2.11. The third-order valence-electron chi connectivity index (χ3n) is 3.06. The third-order valence-corrected chi connectivity index (χ3v) is 3.06. The fraction of sp³-hybridized carbons (Fsp3) is 0.600. The normalized spacial score (nSPS) is 10.7. The average molecular weight is 263 g/mol. The van der Waals surface area contributed by atoms with Crippen molar-refractivity contribution in [2.45, 2.75) is 46.0 Å². The molecule has 0 atom stereocenters. The predicted octanol–water partition coefficient (Wildman–Crippen LogP) is 3.20. The molecule has 0 radical (unpaired) electrons. The summed E-state index contributed by atoms with van der Waals surface area (Å²) in [6.45, 7) is 5.45. The van der Waals surface area contributed by atoms with Crippen molar-refractivity contribution in [1.82, 2.24) is 4.98 Å². The van der Waals surface area contributed by atoms with Crippen molar-refractivity contribution in [3.8, 4) is 0 Å². The Kier molecular flexibility index (Phi) is 6.93. The minimum atomic E-state index is -0.441.